The van der Waals surface area contributed by atoms with E-state index in [2.05, 4.69) is 4.84 Å². The van der Waals surface area contributed by atoms with E-state index >= 15 is 0 Å². The minimum atomic E-state index is -0.801. The van der Waals surface area contributed by atoms with Crippen LogP contribution in [0.5, 0.6) is 5.75 Å². The number of carbonyl (C=O) groups is 2. The number of hydrogen-bond acceptors (Lipinski definition) is 7. The van der Waals surface area contributed by atoms with Crippen molar-refractivity contribution in [1.82, 2.24) is 0 Å². The molecule has 0 unspecified atom stereocenters. The van der Waals surface area contributed by atoms with E-state index in [1.165, 1.54) is 42.5 Å². The molecule has 8 heteroatoms. The summed E-state index contributed by atoms with van der Waals surface area (Å²) in [7, 11) is 0. The molecule has 0 spiro atoms. The third-order valence-electron chi connectivity index (χ3n) is 2.68. The van der Waals surface area contributed by atoms with Crippen LogP contribution in [-0.4, -0.2) is 16.9 Å². The van der Waals surface area contributed by atoms with Crippen LogP contribution in [0.1, 0.15) is 20.7 Å². The predicted molar refractivity (Wildman–Crippen MR) is 74.1 cm³/mol. The molecule has 8 nitrogen and oxygen atoms in total. The zero-order chi connectivity index (χ0) is 16.1. The first-order valence-electron chi connectivity index (χ1n) is 5.99. The van der Waals surface area contributed by atoms with Crippen molar-refractivity contribution in [3.8, 4) is 5.75 Å². The molecule has 2 rings (SSSR count). The van der Waals surface area contributed by atoms with Crippen LogP contribution < -0.4 is 10.6 Å². The third kappa shape index (κ3) is 3.44. The van der Waals surface area contributed by atoms with Crippen molar-refractivity contribution in [2.45, 2.75) is 0 Å². The number of nitro benzene ring substituents is 1. The highest BCUT2D eigenvalue weighted by Crippen LogP contribution is 2.20. The lowest BCUT2D eigenvalue weighted by Crippen LogP contribution is -2.13. The third-order valence-corrected chi connectivity index (χ3v) is 2.68. The van der Waals surface area contributed by atoms with Crippen LogP contribution in [0.4, 0.5) is 5.69 Å². The topological polar surface area (TPSA) is 122 Å². The smallest absolute Gasteiger partial charge is 0.356 e. The van der Waals surface area contributed by atoms with Gasteiger partial charge in [0.1, 0.15) is 5.75 Å². The van der Waals surface area contributed by atoms with E-state index in [4.69, 9.17) is 10.6 Å². The van der Waals surface area contributed by atoms with Gasteiger partial charge in [0.15, 0.2) is 0 Å². The largest absolute Gasteiger partial charge is 0.423 e. The van der Waals surface area contributed by atoms with Gasteiger partial charge in [-0.05, 0) is 24.3 Å². The molecule has 0 bridgehead atoms. The number of nitrogens with two attached hydrogens (primary N) is 1. The highest BCUT2D eigenvalue weighted by Gasteiger charge is 2.14. The van der Waals surface area contributed by atoms with Gasteiger partial charge in [0.25, 0.3) is 5.69 Å². The summed E-state index contributed by atoms with van der Waals surface area (Å²) in [5.74, 6) is 3.22. The maximum Gasteiger partial charge on any atom is 0.356 e. The van der Waals surface area contributed by atoms with Gasteiger partial charge < -0.3 is 9.57 Å². The molecule has 0 saturated carbocycles. The van der Waals surface area contributed by atoms with Gasteiger partial charge in [0, 0.05) is 6.07 Å². The molecule has 0 aliphatic rings. The number of hydrogen-bond donors (Lipinski definition) is 1. The SMILES string of the molecule is NOC(=O)c1cccc(C(=O)Oc2cccc([N+](=O)[O-])c2)c1. The number of benzene rings is 2. The molecule has 112 valence electrons. The quantitative estimate of drug-likeness (QED) is 0.395. The van der Waals surface area contributed by atoms with Gasteiger partial charge in [0.2, 0.25) is 0 Å². The molecule has 0 aliphatic carbocycles. The van der Waals surface area contributed by atoms with Gasteiger partial charge in [-0.2, -0.15) is 5.90 Å². The maximum absolute atomic E-state index is 12.0. The Morgan fingerprint density at radius 2 is 1.64 bits per heavy atom. The lowest BCUT2D eigenvalue weighted by Gasteiger charge is -2.05. The average Bonchev–Trinajstić information content (AvgIpc) is 2.54. The van der Waals surface area contributed by atoms with Crippen molar-refractivity contribution in [2.75, 3.05) is 0 Å². The molecule has 0 saturated heterocycles. The van der Waals surface area contributed by atoms with Crippen LogP contribution >= 0.6 is 0 Å². The number of non-ortho nitro benzene ring substituents is 1. The molecule has 22 heavy (non-hydrogen) atoms. The van der Waals surface area contributed by atoms with Crippen LogP contribution in [-0.2, 0) is 4.84 Å². The molecule has 2 aromatic rings. The molecule has 0 fully saturated rings. The Labute approximate surface area is 124 Å². The molecule has 2 aromatic carbocycles. The molecule has 0 atom stereocenters. The van der Waals surface area contributed by atoms with E-state index < -0.39 is 16.9 Å². The Balaban J connectivity index is 2.20. The highest BCUT2D eigenvalue weighted by atomic mass is 16.7. The average molecular weight is 302 g/mol. The van der Waals surface area contributed by atoms with Crippen molar-refractivity contribution < 1.29 is 24.1 Å². The molecule has 0 heterocycles. The summed E-state index contributed by atoms with van der Waals surface area (Å²) in [4.78, 5) is 37.4. The molecular weight excluding hydrogens is 292 g/mol. The van der Waals surface area contributed by atoms with E-state index in [1.54, 1.807) is 0 Å². The van der Waals surface area contributed by atoms with E-state index in [9.17, 15) is 19.7 Å². The first kappa shape index (κ1) is 15.1. The molecular formula is C14H10N2O6. The number of nitrogens with zero attached hydrogens (tertiary/aromatic N) is 1. The van der Waals surface area contributed by atoms with Crippen molar-refractivity contribution >= 4 is 17.6 Å². The van der Waals surface area contributed by atoms with Gasteiger partial charge >= 0.3 is 11.9 Å². The van der Waals surface area contributed by atoms with E-state index in [1.807, 2.05) is 0 Å². The highest BCUT2D eigenvalue weighted by molar-refractivity contribution is 5.96. The van der Waals surface area contributed by atoms with Crippen LogP contribution in [0.25, 0.3) is 0 Å². The summed E-state index contributed by atoms with van der Waals surface area (Å²) >= 11 is 0. The van der Waals surface area contributed by atoms with Crippen molar-refractivity contribution in [3.63, 3.8) is 0 Å². The van der Waals surface area contributed by atoms with Crippen molar-refractivity contribution in [1.29, 1.82) is 0 Å². The second kappa shape index (κ2) is 6.46. The normalized spacial score (nSPS) is 9.86. The number of esters is 1. The summed E-state index contributed by atoms with van der Waals surface area (Å²) in [6.07, 6.45) is 0. The first-order valence-corrected chi connectivity index (χ1v) is 5.99. The minimum Gasteiger partial charge on any atom is -0.423 e. The van der Waals surface area contributed by atoms with Crippen LogP contribution in [0, 0.1) is 10.1 Å². The lowest BCUT2D eigenvalue weighted by molar-refractivity contribution is -0.384. The fraction of sp³-hybridized carbons (Fsp3) is 0. The first-order chi connectivity index (χ1) is 10.5. The van der Waals surface area contributed by atoms with Gasteiger partial charge in [-0.1, -0.05) is 12.1 Å². The lowest BCUT2D eigenvalue weighted by atomic mass is 10.1. The van der Waals surface area contributed by atoms with Crippen LogP contribution in [0.2, 0.25) is 0 Å². The maximum atomic E-state index is 12.0. The number of carbonyl (C=O) groups excluding carboxylic acids is 2. The Bertz CT molecular complexity index is 744. The molecule has 0 amide bonds. The standard InChI is InChI=1S/C14H10N2O6/c15-22-14(18)10-4-1-3-9(7-10)13(17)21-12-6-2-5-11(8-12)16(19)20/h1-8H,15H2. The summed E-state index contributed by atoms with van der Waals surface area (Å²) in [6, 6.07) is 10.7. The van der Waals surface area contributed by atoms with Crippen molar-refractivity contribution in [3.05, 3.63) is 69.8 Å². The Morgan fingerprint density at radius 1 is 1.00 bits per heavy atom. The molecule has 2 N–H and O–H groups in total. The summed E-state index contributed by atoms with van der Waals surface area (Å²) in [5.41, 5.74) is -0.0452. The zero-order valence-electron chi connectivity index (χ0n) is 11.1. The van der Waals surface area contributed by atoms with Crippen LogP contribution in [0.3, 0.4) is 0 Å². The molecule has 0 radical (unpaired) electrons. The van der Waals surface area contributed by atoms with E-state index in [0.717, 1.165) is 6.07 Å². The fourth-order valence-corrected chi connectivity index (χ4v) is 1.67. The molecule has 0 aromatic heterocycles. The second-order valence-corrected chi connectivity index (χ2v) is 4.13. The van der Waals surface area contributed by atoms with Gasteiger partial charge in [0.05, 0.1) is 22.1 Å². The van der Waals surface area contributed by atoms with Crippen LogP contribution in [0.15, 0.2) is 48.5 Å². The summed E-state index contributed by atoms with van der Waals surface area (Å²) in [6.45, 7) is 0. The predicted octanol–water partition coefficient (Wildman–Crippen LogP) is 1.84. The van der Waals surface area contributed by atoms with E-state index in [0.29, 0.717) is 0 Å². The number of rotatable bonds is 4. The zero-order valence-corrected chi connectivity index (χ0v) is 11.1. The van der Waals surface area contributed by atoms with Gasteiger partial charge in [-0.3, -0.25) is 10.1 Å². The number of ether oxygens (including phenoxy) is 1. The fourth-order valence-electron chi connectivity index (χ4n) is 1.67. The molecule has 0 aliphatic heterocycles. The second-order valence-electron chi connectivity index (χ2n) is 4.13. The summed E-state index contributed by atoms with van der Waals surface area (Å²) < 4.78 is 5.03. The van der Waals surface area contributed by atoms with Gasteiger partial charge in [-0.15, -0.1) is 0 Å². The Morgan fingerprint density at radius 3 is 2.27 bits per heavy atom. The Hall–Kier alpha value is -3.26. The minimum absolute atomic E-state index is 0.0194. The van der Waals surface area contributed by atoms with Crippen molar-refractivity contribution in [2.24, 2.45) is 5.90 Å². The summed E-state index contributed by atoms with van der Waals surface area (Å²) in [5, 5.41) is 10.7. The van der Waals surface area contributed by atoms with Gasteiger partial charge in [-0.25, -0.2) is 9.59 Å². The number of nitro groups is 1. The monoisotopic (exact) mass is 302 g/mol. The van der Waals surface area contributed by atoms with E-state index in [-0.39, 0.29) is 22.6 Å². The Kier molecular flexibility index (Phi) is 4.44.